The predicted octanol–water partition coefficient (Wildman–Crippen LogP) is 5.04. The molecule has 156 valence electrons. The predicted molar refractivity (Wildman–Crippen MR) is 108 cm³/mol. The van der Waals surface area contributed by atoms with Gasteiger partial charge in [-0.25, -0.2) is 4.79 Å². The maximum atomic E-state index is 11.4. The summed E-state index contributed by atoms with van der Waals surface area (Å²) in [7, 11) is 0. The van der Waals surface area contributed by atoms with Crippen molar-refractivity contribution in [2.24, 2.45) is 17.8 Å². The summed E-state index contributed by atoms with van der Waals surface area (Å²) in [6, 6.07) is 0. The van der Waals surface area contributed by atoms with Gasteiger partial charge in [-0.15, -0.1) is 0 Å². The number of aliphatic hydroxyl groups is 1. The fourth-order valence-corrected chi connectivity index (χ4v) is 4.87. The summed E-state index contributed by atoms with van der Waals surface area (Å²) < 4.78 is 10.9. The zero-order chi connectivity index (χ0) is 19.5. The Balaban J connectivity index is 1.54. The third-order valence-corrected chi connectivity index (χ3v) is 6.64. The molecule has 0 saturated heterocycles. The molecule has 2 fully saturated rings. The fourth-order valence-electron chi connectivity index (χ4n) is 4.87. The third-order valence-electron chi connectivity index (χ3n) is 6.64. The quantitative estimate of drug-likeness (QED) is 0.310. The van der Waals surface area contributed by atoms with Gasteiger partial charge in [-0.3, -0.25) is 0 Å². The summed E-state index contributed by atoms with van der Waals surface area (Å²) >= 11 is 0. The minimum absolute atomic E-state index is 0.0931. The van der Waals surface area contributed by atoms with Gasteiger partial charge in [0.05, 0.1) is 24.9 Å². The molecule has 0 aromatic rings. The van der Waals surface area contributed by atoms with Crippen LogP contribution in [0.4, 0.5) is 0 Å². The van der Waals surface area contributed by atoms with Gasteiger partial charge in [0, 0.05) is 0 Å². The highest BCUT2D eigenvalue weighted by molar-refractivity contribution is 5.87. The van der Waals surface area contributed by atoms with Gasteiger partial charge in [0.25, 0.3) is 0 Å². The first-order valence-corrected chi connectivity index (χ1v) is 11.2. The summed E-state index contributed by atoms with van der Waals surface area (Å²) in [6.45, 7) is 6.05. The molecule has 0 bridgehead atoms. The Kier molecular flexibility index (Phi) is 10.4. The second-order valence-electron chi connectivity index (χ2n) is 8.58. The number of hydrogen-bond donors (Lipinski definition) is 1. The Bertz CT molecular complexity index is 432. The van der Waals surface area contributed by atoms with Crippen molar-refractivity contribution in [2.45, 2.75) is 90.1 Å². The molecule has 0 atom stereocenters. The van der Waals surface area contributed by atoms with Gasteiger partial charge in [-0.2, -0.15) is 0 Å². The van der Waals surface area contributed by atoms with Crippen LogP contribution in [0.25, 0.3) is 0 Å². The highest BCUT2D eigenvalue weighted by Crippen LogP contribution is 2.41. The maximum absolute atomic E-state index is 11.4. The maximum Gasteiger partial charge on any atom is 0.335 e. The fraction of sp³-hybridized carbons (Fsp3) is 0.870. The van der Waals surface area contributed by atoms with Crippen molar-refractivity contribution in [1.82, 2.24) is 0 Å². The average molecular weight is 381 g/mol. The van der Waals surface area contributed by atoms with E-state index in [-0.39, 0.29) is 18.8 Å². The standard InChI is InChI=1S/C23H40O4/c1-3-4-5-6-19-7-9-20(10-8-19)21-11-13-22(14-12-21)26-15-16-27-23(25)18(2)17-24/h19-22,24H,2-17H2,1H3. The van der Waals surface area contributed by atoms with E-state index in [9.17, 15) is 4.79 Å². The summed E-state index contributed by atoms with van der Waals surface area (Å²) in [5, 5.41) is 8.83. The van der Waals surface area contributed by atoms with E-state index in [1.54, 1.807) is 0 Å². The first-order chi connectivity index (χ1) is 13.1. The topological polar surface area (TPSA) is 55.8 Å². The van der Waals surface area contributed by atoms with Crippen LogP contribution >= 0.6 is 0 Å². The molecule has 4 heteroatoms. The molecule has 0 radical (unpaired) electrons. The van der Waals surface area contributed by atoms with Crippen LogP contribution < -0.4 is 0 Å². The summed E-state index contributed by atoms with van der Waals surface area (Å²) in [4.78, 5) is 11.4. The molecule has 2 rings (SSSR count). The molecule has 1 N–H and O–H groups in total. The highest BCUT2D eigenvalue weighted by Gasteiger charge is 2.30. The molecule has 0 heterocycles. The zero-order valence-corrected chi connectivity index (χ0v) is 17.3. The molecule has 0 amide bonds. The molecule has 0 aliphatic heterocycles. The molecule has 0 aromatic heterocycles. The van der Waals surface area contributed by atoms with Gasteiger partial charge in [0.2, 0.25) is 0 Å². The smallest absolute Gasteiger partial charge is 0.335 e. The van der Waals surface area contributed by atoms with Crippen LogP contribution in [-0.2, 0) is 14.3 Å². The van der Waals surface area contributed by atoms with Gasteiger partial charge in [0.15, 0.2) is 0 Å². The Morgan fingerprint density at radius 3 is 2.19 bits per heavy atom. The Morgan fingerprint density at radius 1 is 0.963 bits per heavy atom. The van der Waals surface area contributed by atoms with Crippen LogP contribution in [0.15, 0.2) is 12.2 Å². The lowest BCUT2D eigenvalue weighted by molar-refractivity contribution is -0.142. The zero-order valence-electron chi connectivity index (χ0n) is 17.3. The molecule has 2 aliphatic carbocycles. The van der Waals surface area contributed by atoms with Crippen molar-refractivity contribution in [3.8, 4) is 0 Å². The van der Waals surface area contributed by atoms with Crippen molar-refractivity contribution in [2.75, 3.05) is 19.8 Å². The third kappa shape index (κ3) is 7.95. The second-order valence-corrected chi connectivity index (χ2v) is 8.58. The van der Waals surface area contributed by atoms with E-state index in [1.807, 2.05) is 0 Å². The van der Waals surface area contributed by atoms with Crippen LogP contribution in [0.1, 0.15) is 84.0 Å². The van der Waals surface area contributed by atoms with Crippen LogP contribution in [-0.4, -0.2) is 37.0 Å². The van der Waals surface area contributed by atoms with E-state index in [2.05, 4.69) is 13.5 Å². The molecule has 0 spiro atoms. The lowest BCUT2D eigenvalue weighted by Crippen LogP contribution is -2.29. The molecular formula is C23H40O4. The number of ether oxygens (including phenoxy) is 2. The van der Waals surface area contributed by atoms with Crippen LogP contribution in [0.5, 0.6) is 0 Å². The number of rotatable bonds is 11. The highest BCUT2D eigenvalue weighted by atomic mass is 16.6. The number of esters is 1. The molecule has 4 nitrogen and oxygen atoms in total. The van der Waals surface area contributed by atoms with Gasteiger partial charge in [-0.05, 0) is 56.3 Å². The minimum atomic E-state index is -0.532. The van der Waals surface area contributed by atoms with Crippen LogP contribution in [0.3, 0.4) is 0 Å². The molecule has 2 aliphatic rings. The average Bonchev–Trinajstić information content (AvgIpc) is 2.71. The normalized spacial score (nSPS) is 28.7. The SMILES string of the molecule is C=C(CO)C(=O)OCCOC1CCC(C2CCC(CCCCC)CC2)CC1. The van der Waals surface area contributed by atoms with E-state index in [4.69, 9.17) is 14.6 Å². The van der Waals surface area contributed by atoms with E-state index >= 15 is 0 Å². The van der Waals surface area contributed by atoms with Gasteiger partial charge < -0.3 is 14.6 Å². The Morgan fingerprint density at radius 2 is 1.59 bits per heavy atom. The Hall–Kier alpha value is -0.870. The van der Waals surface area contributed by atoms with Crippen molar-refractivity contribution in [3.05, 3.63) is 12.2 Å². The van der Waals surface area contributed by atoms with Crippen LogP contribution in [0, 0.1) is 17.8 Å². The number of unbranched alkanes of at least 4 members (excludes halogenated alkanes) is 2. The molecule has 0 unspecified atom stereocenters. The van der Waals surface area contributed by atoms with Gasteiger partial charge >= 0.3 is 5.97 Å². The number of carbonyl (C=O) groups is 1. The van der Waals surface area contributed by atoms with E-state index in [0.29, 0.717) is 12.7 Å². The summed E-state index contributed by atoms with van der Waals surface area (Å²) in [5.41, 5.74) is 0.0931. The first kappa shape index (κ1) is 22.4. The second kappa shape index (κ2) is 12.6. The Labute approximate surface area is 165 Å². The summed E-state index contributed by atoms with van der Waals surface area (Å²) in [5.74, 6) is 2.30. The lowest BCUT2D eigenvalue weighted by atomic mass is 9.70. The molecule has 27 heavy (non-hydrogen) atoms. The van der Waals surface area contributed by atoms with Crippen molar-refractivity contribution in [3.63, 3.8) is 0 Å². The first-order valence-electron chi connectivity index (χ1n) is 11.2. The number of hydrogen-bond acceptors (Lipinski definition) is 4. The van der Waals surface area contributed by atoms with Crippen LogP contribution in [0.2, 0.25) is 0 Å². The summed E-state index contributed by atoms with van der Waals surface area (Å²) in [6.07, 6.45) is 16.6. The molecule has 0 aromatic carbocycles. The van der Waals surface area contributed by atoms with E-state index in [0.717, 1.165) is 30.6 Å². The lowest BCUT2D eigenvalue weighted by Gasteiger charge is -2.37. The van der Waals surface area contributed by atoms with Crippen molar-refractivity contribution < 1.29 is 19.4 Å². The molecule has 2 saturated carbocycles. The minimum Gasteiger partial charge on any atom is -0.460 e. The molecular weight excluding hydrogens is 340 g/mol. The van der Waals surface area contributed by atoms with Crippen molar-refractivity contribution in [1.29, 1.82) is 0 Å². The van der Waals surface area contributed by atoms with Gasteiger partial charge in [-0.1, -0.05) is 52.0 Å². The largest absolute Gasteiger partial charge is 0.460 e. The van der Waals surface area contributed by atoms with Crippen molar-refractivity contribution >= 4 is 5.97 Å². The van der Waals surface area contributed by atoms with E-state index < -0.39 is 5.97 Å². The van der Waals surface area contributed by atoms with E-state index in [1.165, 1.54) is 64.2 Å². The number of carbonyl (C=O) groups excluding carboxylic acids is 1. The monoisotopic (exact) mass is 380 g/mol. The number of aliphatic hydroxyl groups excluding tert-OH is 1. The van der Waals surface area contributed by atoms with Gasteiger partial charge in [0.1, 0.15) is 6.61 Å².